The van der Waals surface area contributed by atoms with Crippen molar-refractivity contribution in [3.8, 4) is 0 Å². The monoisotopic (exact) mass is 279 g/mol. The first-order chi connectivity index (χ1) is 9.15. The van der Waals surface area contributed by atoms with E-state index in [0.29, 0.717) is 24.4 Å². The largest absolute Gasteiger partial charge is 0.465 e. The van der Waals surface area contributed by atoms with Crippen molar-refractivity contribution in [1.29, 1.82) is 0 Å². The fourth-order valence-corrected chi connectivity index (χ4v) is 1.93. The van der Waals surface area contributed by atoms with Gasteiger partial charge in [0.05, 0.1) is 12.0 Å². The van der Waals surface area contributed by atoms with Gasteiger partial charge in [-0.2, -0.15) is 0 Å². The lowest BCUT2D eigenvalue weighted by atomic mass is 10.0. The van der Waals surface area contributed by atoms with Crippen LogP contribution in [0.2, 0.25) is 0 Å². The Morgan fingerprint density at radius 2 is 2.42 bits per heavy atom. The summed E-state index contributed by atoms with van der Waals surface area (Å²) in [6.45, 7) is 2.07. The zero-order valence-corrected chi connectivity index (χ0v) is 11.4. The second kappa shape index (κ2) is 5.91. The Labute approximate surface area is 112 Å². The molecule has 0 fully saturated rings. The minimum atomic E-state index is -0.679. The summed E-state index contributed by atoms with van der Waals surface area (Å²) in [6, 6.07) is 4.78. The van der Waals surface area contributed by atoms with Crippen molar-refractivity contribution in [2.24, 2.45) is 10.5 Å². The predicted octanol–water partition coefficient (Wildman–Crippen LogP) is 2.22. The Morgan fingerprint density at radius 3 is 3.11 bits per heavy atom. The molecular formula is C12H14N3O3P. The standard InChI is InChI=1S/C12H14N3O3P/c1-2-17-12(16)9(13)6-7-3-4-10-8(5-7)11(15-19)14-18-10/h3-5,9,19H,2,6,13H2,1H3. The number of carbonyl (C=O) groups excluding carboxylic acids is 1. The highest BCUT2D eigenvalue weighted by Crippen LogP contribution is 2.27. The molecule has 6 nitrogen and oxygen atoms in total. The number of esters is 1. The lowest BCUT2D eigenvalue weighted by Gasteiger charge is -2.10. The topological polar surface area (TPSA) is 90.7 Å². The van der Waals surface area contributed by atoms with E-state index in [9.17, 15) is 4.79 Å². The third kappa shape index (κ3) is 2.97. The number of rotatable bonds is 5. The molecule has 1 aromatic carbocycles. The van der Waals surface area contributed by atoms with Gasteiger partial charge in [0.25, 0.3) is 0 Å². The molecule has 0 aliphatic carbocycles. The average Bonchev–Trinajstić information content (AvgIpc) is 2.81. The molecule has 100 valence electrons. The SMILES string of the molecule is CCOC(=O)C(N)Cc1ccc2onc(N=P)c2c1. The number of nitrogens with zero attached hydrogens (tertiary/aromatic N) is 2. The molecule has 0 saturated heterocycles. The minimum Gasteiger partial charge on any atom is -0.465 e. The summed E-state index contributed by atoms with van der Waals surface area (Å²) < 4.78 is 13.8. The molecule has 2 aromatic rings. The highest BCUT2D eigenvalue weighted by atomic mass is 31.0. The van der Waals surface area contributed by atoms with Gasteiger partial charge in [0.2, 0.25) is 5.82 Å². The van der Waals surface area contributed by atoms with Crippen LogP contribution in [0.1, 0.15) is 12.5 Å². The van der Waals surface area contributed by atoms with Crippen LogP contribution in [-0.4, -0.2) is 23.8 Å². The summed E-state index contributed by atoms with van der Waals surface area (Å²) in [5, 5.41) is 4.55. The van der Waals surface area contributed by atoms with Crippen LogP contribution in [0.4, 0.5) is 5.82 Å². The zero-order chi connectivity index (χ0) is 13.8. The molecule has 2 N–H and O–H groups in total. The maximum Gasteiger partial charge on any atom is 0.323 e. The first kappa shape index (κ1) is 13.6. The fourth-order valence-electron chi connectivity index (χ4n) is 1.77. The average molecular weight is 279 g/mol. The lowest BCUT2D eigenvalue weighted by Crippen LogP contribution is -2.34. The van der Waals surface area contributed by atoms with E-state index in [1.165, 1.54) is 0 Å². The number of benzene rings is 1. The van der Waals surface area contributed by atoms with Gasteiger partial charge in [0.1, 0.15) is 6.04 Å². The van der Waals surface area contributed by atoms with E-state index < -0.39 is 12.0 Å². The Bertz CT molecular complexity index is 611. The summed E-state index contributed by atoms with van der Waals surface area (Å²) in [5.41, 5.74) is 7.30. The first-order valence-electron chi connectivity index (χ1n) is 5.83. The van der Waals surface area contributed by atoms with Crippen LogP contribution < -0.4 is 5.73 Å². The summed E-state index contributed by atoms with van der Waals surface area (Å²) in [6.07, 6.45) is 0.390. The number of hydrogen-bond donors (Lipinski definition) is 1. The van der Waals surface area contributed by atoms with Crippen molar-refractivity contribution < 1.29 is 14.1 Å². The summed E-state index contributed by atoms with van der Waals surface area (Å²) >= 11 is 0. The van der Waals surface area contributed by atoms with Crippen LogP contribution in [0.3, 0.4) is 0 Å². The van der Waals surface area contributed by atoms with Crippen molar-refractivity contribution >= 4 is 31.8 Å². The molecular weight excluding hydrogens is 265 g/mol. The van der Waals surface area contributed by atoms with Crippen LogP contribution >= 0.6 is 9.03 Å². The number of hydrogen-bond acceptors (Lipinski definition) is 6. The quantitative estimate of drug-likeness (QED) is 0.669. The van der Waals surface area contributed by atoms with Gasteiger partial charge in [0.15, 0.2) is 5.58 Å². The summed E-state index contributed by atoms with van der Waals surface area (Å²) in [5.74, 6) is 0.0520. The molecule has 0 saturated carbocycles. The van der Waals surface area contributed by atoms with Crippen molar-refractivity contribution in [2.75, 3.05) is 6.61 Å². The number of nitrogens with two attached hydrogens (primary N) is 1. The van der Waals surface area contributed by atoms with E-state index in [1.807, 2.05) is 12.1 Å². The second-order valence-corrected chi connectivity index (χ2v) is 4.23. The maximum absolute atomic E-state index is 11.5. The third-order valence-corrected chi connectivity index (χ3v) is 2.88. The number of carbonyl (C=O) groups is 1. The maximum atomic E-state index is 11.5. The van der Waals surface area contributed by atoms with Crippen LogP contribution in [0.5, 0.6) is 0 Å². The summed E-state index contributed by atoms with van der Waals surface area (Å²) in [4.78, 5) is 11.5. The Balaban J connectivity index is 2.21. The van der Waals surface area contributed by atoms with E-state index >= 15 is 0 Å². The van der Waals surface area contributed by atoms with Gasteiger partial charge < -0.3 is 15.0 Å². The van der Waals surface area contributed by atoms with Gasteiger partial charge in [-0.15, -0.1) is 0 Å². The highest BCUT2D eigenvalue weighted by molar-refractivity contribution is 7.04. The lowest BCUT2D eigenvalue weighted by molar-refractivity contribution is -0.144. The van der Waals surface area contributed by atoms with Crippen LogP contribution in [0.25, 0.3) is 11.0 Å². The van der Waals surface area contributed by atoms with Gasteiger partial charge in [-0.25, -0.2) is 4.74 Å². The number of fused-ring (bicyclic) bond motifs is 1. The molecule has 2 rings (SSSR count). The second-order valence-electron chi connectivity index (χ2n) is 4.01. The van der Waals surface area contributed by atoms with Gasteiger partial charge in [-0.3, -0.25) is 4.79 Å². The van der Waals surface area contributed by atoms with Crippen molar-refractivity contribution in [1.82, 2.24) is 5.16 Å². The zero-order valence-electron chi connectivity index (χ0n) is 10.4. The van der Waals surface area contributed by atoms with E-state index in [4.69, 9.17) is 15.0 Å². The summed E-state index contributed by atoms with van der Waals surface area (Å²) in [7, 11) is 3.03. The van der Waals surface area contributed by atoms with Gasteiger partial charge in [-0.05, 0) is 40.1 Å². The normalized spacial score (nSPS) is 12.3. The molecule has 1 heterocycles. The van der Waals surface area contributed by atoms with E-state index in [1.54, 1.807) is 13.0 Å². The Hall–Kier alpha value is -1.78. The molecule has 19 heavy (non-hydrogen) atoms. The van der Waals surface area contributed by atoms with E-state index in [2.05, 4.69) is 18.9 Å². The minimum absolute atomic E-state index is 0.323. The van der Waals surface area contributed by atoms with Crippen molar-refractivity contribution in [3.63, 3.8) is 0 Å². The smallest absolute Gasteiger partial charge is 0.323 e. The molecule has 0 aliphatic heterocycles. The van der Waals surface area contributed by atoms with Crippen molar-refractivity contribution in [3.05, 3.63) is 23.8 Å². The molecule has 0 aliphatic rings. The molecule has 1 unspecified atom stereocenters. The highest BCUT2D eigenvalue weighted by Gasteiger charge is 2.16. The fraction of sp³-hybridized carbons (Fsp3) is 0.333. The third-order valence-electron chi connectivity index (χ3n) is 2.67. The molecule has 0 bridgehead atoms. The first-order valence-corrected chi connectivity index (χ1v) is 6.28. The Kier molecular flexibility index (Phi) is 4.24. The van der Waals surface area contributed by atoms with Crippen LogP contribution in [-0.2, 0) is 16.0 Å². The van der Waals surface area contributed by atoms with Gasteiger partial charge >= 0.3 is 5.97 Å². The molecule has 0 amide bonds. The van der Waals surface area contributed by atoms with Crippen LogP contribution in [0, 0.1) is 0 Å². The molecule has 1 aromatic heterocycles. The van der Waals surface area contributed by atoms with Gasteiger partial charge in [0, 0.05) is 0 Å². The van der Waals surface area contributed by atoms with E-state index in [-0.39, 0.29) is 0 Å². The van der Waals surface area contributed by atoms with Gasteiger partial charge in [-0.1, -0.05) is 11.2 Å². The number of aromatic nitrogens is 1. The number of ether oxygens (including phenoxy) is 1. The molecule has 1 atom stereocenters. The van der Waals surface area contributed by atoms with Crippen molar-refractivity contribution in [2.45, 2.75) is 19.4 Å². The molecule has 7 heteroatoms. The Morgan fingerprint density at radius 1 is 1.63 bits per heavy atom. The van der Waals surface area contributed by atoms with E-state index in [0.717, 1.165) is 10.9 Å². The predicted molar refractivity (Wildman–Crippen MR) is 72.7 cm³/mol. The molecule has 0 radical (unpaired) electrons. The van der Waals surface area contributed by atoms with Crippen LogP contribution in [0.15, 0.2) is 27.5 Å². The molecule has 0 spiro atoms.